The Balaban J connectivity index is 0.00000157. The maximum absolute atomic E-state index is 15.0. The van der Waals surface area contributed by atoms with E-state index in [0.29, 0.717) is 24.2 Å². The number of carbonyl (C=O) groups is 6. The summed E-state index contributed by atoms with van der Waals surface area (Å²) in [5.41, 5.74) is 7.37. The first-order valence-corrected chi connectivity index (χ1v) is 19.4. The van der Waals surface area contributed by atoms with Gasteiger partial charge in [-0.2, -0.15) is 13.2 Å². The lowest BCUT2D eigenvalue weighted by atomic mass is 9.82. The monoisotopic (exact) mass is 902 g/mol. The van der Waals surface area contributed by atoms with Gasteiger partial charge in [-0.3, -0.25) is 19.2 Å². The highest BCUT2D eigenvalue weighted by Crippen LogP contribution is 2.41. The molecular formula is C40H48BrF5N4O9. The molecule has 1 aromatic heterocycles. The molecule has 1 heterocycles. The molecule has 0 unspecified atom stereocenters. The van der Waals surface area contributed by atoms with Crippen LogP contribution in [0, 0.1) is 17.0 Å². The van der Waals surface area contributed by atoms with Gasteiger partial charge in [-0.25, -0.2) is 18.4 Å². The highest BCUT2D eigenvalue weighted by Gasteiger charge is 2.39. The topological polar surface area (TPSA) is 209 Å². The molecule has 0 fully saturated rings. The lowest BCUT2D eigenvalue weighted by Gasteiger charge is -2.41. The number of benzene rings is 2. The molecule has 0 aliphatic carbocycles. The number of amides is 2. The number of rotatable bonds is 20. The summed E-state index contributed by atoms with van der Waals surface area (Å²) in [5, 5.41) is 29.5. The number of Topliss-reactive ketones (excluding diaryl/α,β-unsaturated/α-hetero) is 2. The van der Waals surface area contributed by atoms with Gasteiger partial charge in [-0.05, 0) is 54.5 Å². The molecule has 0 bridgehead atoms. The number of aliphatic hydroxyl groups is 1. The fourth-order valence-corrected chi connectivity index (χ4v) is 6.31. The number of aliphatic carboxylic acids is 2. The molecule has 3 rings (SSSR count). The van der Waals surface area contributed by atoms with Gasteiger partial charge in [0.1, 0.15) is 35.8 Å². The minimum absolute atomic E-state index is 0.0268. The average Bonchev–Trinajstić information content (AvgIpc) is 3.56. The molecule has 0 aliphatic heterocycles. The zero-order chi connectivity index (χ0) is 44.7. The third-order valence-corrected chi connectivity index (χ3v) is 9.51. The number of aliphatic hydroxyl groups excluding tert-OH is 1. The lowest BCUT2D eigenvalue weighted by Crippen LogP contribution is -2.50. The van der Waals surface area contributed by atoms with E-state index in [-0.39, 0.29) is 61.1 Å². The second-order valence-electron chi connectivity index (χ2n) is 14.6. The molecule has 59 heavy (non-hydrogen) atoms. The average molecular weight is 904 g/mol. The van der Waals surface area contributed by atoms with Crippen LogP contribution in [0.25, 0.3) is 11.1 Å². The van der Waals surface area contributed by atoms with Crippen molar-refractivity contribution in [1.29, 1.82) is 0 Å². The van der Waals surface area contributed by atoms with Crippen LogP contribution in [0.5, 0.6) is 0 Å². The molecule has 0 aliphatic rings. The van der Waals surface area contributed by atoms with E-state index < -0.39 is 71.7 Å². The first-order valence-electron chi connectivity index (χ1n) is 18.3. The molecule has 0 saturated carbocycles. The maximum atomic E-state index is 15.0. The largest absolute Gasteiger partial charge is 0.490 e. The summed E-state index contributed by atoms with van der Waals surface area (Å²) < 4.78 is 62.9. The smallest absolute Gasteiger partial charge is 0.480 e. The molecule has 2 aromatic carbocycles. The number of hydrogen-bond acceptors (Lipinski definition) is 8. The number of carbonyl (C=O) groups excluding carboxylic acids is 4. The Labute approximate surface area is 345 Å². The van der Waals surface area contributed by atoms with E-state index in [2.05, 4.69) is 21.2 Å². The number of carboxylic acid groups (broad SMARTS) is 2. The first kappa shape index (κ1) is 50.1. The van der Waals surface area contributed by atoms with E-state index in [0.717, 1.165) is 23.8 Å². The zero-order valence-corrected chi connectivity index (χ0v) is 34.2. The number of halogens is 6. The summed E-state index contributed by atoms with van der Waals surface area (Å²) in [4.78, 5) is 72.5. The third-order valence-electron chi connectivity index (χ3n) is 8.88. The van der Waals surface area contributed by atoms with Gasteiger partial charge >= 0.3 is 18.1 Å². The van der Waals surface area contributed by atoms with E-state index in [1.807, 2.05) is 55.7 Å². The van der Waals surface area contributed by atoms with Crippen LogP contribution in [-0.4, -0.2) is 96.8 Å². The maximum Gasteiger partial charge on any atom is 0.490 e. The van der Waals surface area contributed by atoms with Crippen LogP contribution in [0.3, 0.4) is 0 Å². The summed E-state index contributed by atoms with van der Waals surface area (Å²) >= 11 is 3.06. The Morgan fingerprint density at radius 3 is 2.05 bits per heavy atom. The molecule has 0 saturated heterocycles. The molecular weight excluding hydrogens is 855 g/mol. The molecule has 324 valence electrons. The van der Waals surface area contributed by atoms with Crippen LogP contribution in [0.2, 0.25) is 0 Å². The van der Waals surface area contributed by atoms with E-state index in [9.17, 15) is 51.7 Å². The molecule has 2 amide bonds. The van der Waals surface area contributed by atoms with Gasteiger partial charge in [0.25, 0.3) is 0 Å². The van der Waals surface area contributed by atoms with Crippen molar-refractivity contribution < 1.29 is 66.0 Å². The van der Waals surface area contributed by atoms with Crippen LogP contribution < -0.4 is 11.1 Å². The number of alkyl halides is 4. The van der Waals surface area contributed by atoms with Gasteiger partial charge in [0.15, 0.2) is 0 Å². The second kappa shape index (κ2) is 23.0. The highest BCUT2D eigenvalue weighted by atomic mass is 79.9. The van der Waals surface area contributed by atoms with Crippen molar-refractivity contribution in [3.63, 3.8) is 0 Å². The molecule has 0 spiro atoms. The van der Waals surface area contributed by atoms with Crippen molar-refractivity contribution in [3.05, 3.63) is 83.7 Å². The van der Waals surface area contributed by atoms with Gasteiger partial charge < -0.3 is 35.8 Å². The Morgan fingerprint density at radius 1 is 0.898 bits per heavy atom. The molecule has 6 N–H and O–H groups in total. The predicted molar refractivity (Wildman–Crippen MR) is 209 cm³/mol. The summed E-state index contributed by atoms with van der Waals surface area (Å²) in [6.45, 7) is 4.96. The predicted octanol–water partition coefficient (Wildman–Crippen LogP) is 5.79. The van der Waals surface area contributed by atoms with Crippen LogP contribution in [0.15, 0.2) is 60.8 Å². The van der Waals surface area contributed by atoms with Crippen molar-refractivity contribution in [3.8, 4) is 11.1 Å². The quantitative estimate of drug-likeness (QED) is 0.0681. The Bertz CT molecular complexity index is 1920. The molecule has 13 nitrogen and oxygen atoms in total. The zero-order valence-electron chi connectivity index (χ0n) is 32.6. The van der Waals surface area contributed by atoms with E-state index in [4.69, 9.17) is 15.6 Å². The van der Waals surface area contributed by atoms with Crippen molar-refractivity contribution in [1.82, 2.24) is 14.8 Å². The number of nitrogens with zero attached hydrogens (tertiary/aromatic N) is 2. The van der Waals surface area contributed by atoms with E-state index in [1.165, 1.54) is 4.90 Å². The molecule has 3 aromatic rings. The molecule has 3 atom stereocenters. The standard InChI is InChI=1S/C38H47BrF2N4O7.C2HF3O2/c1-38(2,3)35(33-18-25(29-19-26(40)12-14-30(29)41)22-44(33)21-24-8-5-4-6-9-24)45(34(49)23-46)17-16-31(42)36(50)43-32(37(51)52)15-13-27(47)10-7-11-28(48)20-39;3-2(4,5)1(6)7/h4-6,8-9,12,14,18-19,22,31-32,35,46H,7,10-11,13,15-17,20-21,23,42H2,1-3H3,(H,43,50)(H,51,52);(H,6,7)/t31-,32+,35-;/m0./s1. The van der Waals surface area contributed by atoms with Crippen molar-refractivity contribution in [2.24, 2.45) is 11.1 Å². The fourth-order valence-electron chi connectivity index (χ4n) is 6.03. The lowest BCUT2D eigenvalue weighted by molar-refractivity contribution is -0.192. The Kier molecular flexibility index (Phi) is 19.5. The number of carboxylic acids is 2. The number of ketones is 2. The van der Waals surface area contributed by atoms with Gasteiger partial charge in [0.05, 0.1) is 17.4 Å². The van der Waals surface area contributed by atoms with Crippen LogP contribution in [0.4, 0.5) is 22.0 Å². The number of nitrogens with two attached hydrogens (primary N) is 1. The Hall–Kier alpha value is -5.01. The molecule has 0 radical (unpaired) electrons. The normalized spacial score (nSPS) is 13.0. The second-order valence-corrected chi connectivity index (χ2v) is 15.2. The fraction of sp³-hybridized carbons (Fsp3) is 0.450. The van der Waals surface area contributed by atoms with Crippen molar-refractivity contribution in [2.75, 3.05) is 18.5 Å². The molecule has 19 heteroatoms. The third kappa shape index (κ3) is 16.3. The summed E-state index contributed by atoms with van der Waals surface area (Å²) in [7, 11) is 0. The van der Waals surface area contributed by atoms with Gasteiger partial charge in [0.2, 0.25) is 11.8 Å². The minimum atomic E-state index is -5.08. The number of aromatic nitrogens is 1. The number of hydrogen-bond donors (Lipinski definition) is 5. The van der Waals surface area contributed by atoms with Crippen LogP contribution >= 0.6 is 15.9 Å². The number of nitrogens with one attached hydrogen (secondary N) is 1. The minimum Gasteiger partial charge on any atom is -0.480 e. The highest BCUT2D eigenvalue weighted by molar-refractivity contribution is 9.09. The first-order chi connectivity index (χ1) is 27.5. The summed E-state index contributed by atoms with van der Waals surface area (Å²) in [6.07, 6.45) is -3.14. The van der Waals surface area contributed by atoms with Gasteiger partial charge in [-0.15, -0.1) is 0 Å². The Morgan fingerprint density at radius 2 is 1.51 bits per heavy atom. The van der Waals surface area contributed by atoms with Gasteiger partial charge in [-0.1, -0.05) is 67.0 Å². The van der Waals surface area contributed by atoms with E-state index in [1.54, 1.807) is 12.3 Å². The SMILES string of the molecule is CC(C)(C)[C@H](c1cc(-c2cc(F)ccc2F)cn1Cc1ccccc1)N(CC[C@H](N)C(=O)N[C@H](CCC(=O)CCCC(=O)CBr)C(=O)O)C(=O)CO.O=C(O)C(F)(F)F. The summed E-state index contributed by atoms with van der Waals surface area (Å²) in [5.74, 6) is -7.12. The van der Waals surface area contributed by atoms with Crippen LogP contribution in [-0.2, 0) is 35.3 Å². The van der Waals surface area contributed by atoms with Crippen molar-refractivity contribution >= 4 is 51.2 Å². The van der Waals surface area contributed by atoms with Gasteiger partial charge in [0, 0.05) is 55.4 Å². The van der Waals surface area contributed by atoms with E-state index >= 15 is 4.39 Å². The van der Waals surface area contributed by atoms with Crippen molar-refractivity contribution in [2.45, 2.75) is 90.1 Å². The summed E-state index contributed by atoms with van der Waals surface area (Å²) in [6, 6.07) is 10.8. The van der Waals surface area contributed by atoms with Crippen LogP contribution in [0.1, 0.15) is 76.6 Å².